The number of aliphatic hydroxyl groups excluding tert-OH is 3. The molecule has 0 spiro atoms. The number of hydrogen-bond acceptors (Lipinski definition) is 4. The second kappa shape index (κ2) is 6.41. The first-order valence-corrected chi connectivity index (χ1v) is 7.73. The summed E-state index contributed by atoms with van der Waals surface area (Å²) >= 11 is 0. The van der Waals surface area contributed by atoms with Crippen molar-refractivity contribution in [3.8, 4) is 0 Å². The Labute approximate surface area is 119 Å². The molecule has 2 saturated carbocycles. The van der Waals surface area contributed by atoms with Gasteiger partial charge >= 0.3 is 5.97 Å². The van der Waals surface area contributed by atoms with E-state index >= 15 is 0 Å². The third-order valence-electron chi connectivity index (χ3n) is 5.10. The van der Waals surface area contributed by atoms with Gasteiger partial charge in [-0.3, -0.25) is 4.79 Å². The van der Waals surface area contributed by atoms with Crippen LogP contribution < -0.4 is 0 Å². The molecule has 0 aromatic rings. The van der Waals surface area contributed by atoms with Gasteiger partial charge in [0.05, 0.1) is 24.7 Å². The lowest BCUT2D eigenvalue weighted by Gasteiger charge is -2.23. The monoisotopic (exact) mass is 286 g/mol. The van der Waals surface area contributed by atoms with Gasteiger partial charge in [0.25, 0.3) is 0 Å². The van der Waals surface area contributed by atoms with Crippen molar-refractivity contribution < 1.29 is 25.2 Å². The van der Waals surface area contributed by atoms with Gasteiger partial charge in [-0.1, -0.05) is 26.2 Å². The van der Waals surface area contributed by atoms with Crippen LogP contribution in [0.5, 0.6) is 0 Å². The molecule has 116 valence electrons. The van der Waals surface area contributed by atoms with Gasteiger partial charge in [-0.2, -0.15) is 0 Å². The van der Waals surface area contributed by atoms with Gasteiger partial charge in [-0.15, -0.1) is 0 Å². The Balaban J connectivity index is 1.85. The van der Waals surface area contributed by atoms with Crippen LogP contribution in [0.1, 0.15) is 45.4 Å². The number of carboxylic acid groups (broad SMARTS) is 1. The van der Waals surface area contributed by atoms with Crippen molar-refractivity contribution >= 4 is 5.97 Å². The molecule has 0 bridgehead atoms. The van der Waals surface area contributed by atoms with Crippen molar-refractivity contribution in [3.63, 3.8) is 0 Å². The van der Waals surface area contributed by atoms with Crippen LogP contribution in [0.2, 0.25) is 0 Å². The number of aliphatic hydroxyl groups is 3. The Hall–Kier alpha value is -0.650. The number of rotatable bonds is 8. The molecule has 2 rings (SSSR count). The number of carbonyl (C=O) groups is 1. The van der Waals surface area contributed by atoms with E-state index in [2.05, 4.69) is 6.92 Å². The molecule has 0 radical (unpaired) electrons. The first-order valence-electron chi connectivity index (χ1n) is 7.73. The third kappa shape index (κ3) is 3.15. The van der Waals surface area contributed by atoms with Gasteiger partial charge in [-0.25, -0.2) is 0 Å². The highest BCUT2D eigenvalue weighted by atomic mass is 16.4. The minimum absolute atomic E-state index is 0.0284. The van der Waals surface area contributed by atoms with E-state index in [0.29, 0.717) is 12.8 Å². The molecule has 20 heavy (non-hydrogen) atoms. The van der Waals surface area contributed by atoms with Gasteiger partial charge in [0.2, 0.25) is 0 Å². The van der Waals surface area contributed by atoms with Crippen LogP contribution in [0.4, 0.5) is 0 Å². The van der Waals surface area contributed by atoms with Crippen molar-refractivity contribution in [2.45, 2.75) is 63.8 Å². The highest BCUT2D eigenvalue weighted by molar-refractivity contribution is 5.67. The minimum Gasteiger partial charge on any atom is -0.481 e. The first-order chi connectivity index (χ1) is 9.47. The average molecular weight is 286 g/mol. The summed E-state index contributed by atoms with van der Waals surface area (Å²) in [5.41, 5.74) is 0. The van der Waals surface area contributed by atoms with Crippen LogP contribution in [-0.4, -0.2) is 44.7 Å². The van der Waals surface area contributed by atoms with Crippen LogP contribution in [-0.2, 0) is 4.79 Å². The largest absolute Gasteiger partial charge is 0.481 e. The molecule has 2 fully saturated rings. The second-order valence-electron chi connectivity index (χ2n) is 6.44. The molecule has 4 N–H and O–H groups in total. The maximum absolute atomic E-state index is 10.8. The number of hydrogen-bond donors (Lipinski definition) is 4. The number of unbranched alkanes of at least 4 members (excludes halogenated alkanes) is 2. The summed E-state index contributed by atoms with van der Waals surface area (Å²) in [5.74, 6) is -0.945. The van der Waals surface area contributed by atoms with Gasteiger partial charge in [0, 0.05) is 0 Å². The Bertz CT molecular complexity index is 345. The van der Waals surface area contributed by atoms with E-state index in [1.165, 1.54) is 0 Å². The van der Waals surface area contributed by atoms with E-state index in [-0.39, 0.29) is 30.1 Å². The zero-order chi connectivity index (χ0) is 14.9. The van der Waals surface area contributed by atoms with Crippen LogP contribution in [0.15, 0.2) is 0 Å². The van der Waals surface area contributed by atoms with Crippen LogP contribution in [0.3, 0.4) is 0 Å². The quantitative estimate of drug-likeness (QED) is 0.499. The van der Waals surface area contributed by atoms with Gasteiger partial charge < -0.3 is 20.4 Å². The molecule has 0 amide bonds. The highest BCUT2D eigenvalue weighted by Gasteiger charge is 2.64. The second-order valence-corrected chi connectivity index (χ2v) is 6.44. The SMILES string of the molecule is CCCCC[C@H](O)[C@H](O)C1C2CC(O)C(CC(=O)O)C21. The van der Waals surface area contributed by atoms with E-state index in [1.54, 1.807) is 0 Å². The van der Waals surface area contributed by atoms with E-state index in [4.69, 9.17) is 5.11 Å². The molecule has 5 unspecified atom stereocenters. The molecule has 2 aliphatic rings. The van der Waals surface area contributed by atoms with Gasteiger partial charge in [-0.05, 0) is 36.5 Å². The molecule has 0 aromatic carbocycles. The van der Waals surface area contributed by atoms with E-state index in [9.17, 15) is 20.1 Å². The lowest BCUT2D eigenvalue weighted by Crippen LogP contribution is -2.33. The fourth-order valence-corrected chi connectivity index (χ4v) is 4.04. The van der Waals surface area contributed by atoms with Crippen LogP contribution >= 0.6 is 0 Å². The Morgan fingerprint density at radius 2 is 2.00 bits per heavy atom. The molecular formula is C15H26O5. The predicted molar refractivity (Wildman–Crippen MR) is 73.0 cm³/mol. The predicted octanol–water partition coefficient (Wildman–Crippen LogP) is 1.01. The molecule has 7 atom stereocenters. The lowest BCUT2D eigenvalue weighted by molar-refractivity contribution is -0.139. The van der Waals surface area contributed by atoms with Crippen LogP contribution in [0, 0.1) is 23.7 Å². The summed E-state index contributed by atoms with van der Waals surface area (Å²) in [4.78, 5) is 10.8. The average Bonchev–Trinajstić information content (AvgIpc) is 2.99. The summed E-state index contributed by atoms with van der Waals surface area (Å²) in [5, 5.41) is 39.0. The molecule has 0 aromatic heterocycles. The summed E-state index contributed by atoms with van der Waals surface area (Å²) in [6.07, 6.45) is 2.07. The normalized spacial score (nSPS) is 38.3. The fraction of sp³-hybridized carbons (Fsp3) is 0.933. The Morgan fingerprint density at radius 1 is 1.30 bits per heavy atom. The molecule has 5 heteroatoms. The van der Waals surface area contributed by atoms with Crippen LogP contribution in [0.25, 0.3) is 0 Å². The van der Waals surface area contributed by atoms with Crippen molar-refractivity contribution in [1.82, 2.24) is 0 Å². The summed E-state index contributed by atoms with van der Waals surface area (Å²) in [6.45, 7) is 2.09. The van der Waals surface area contributed by atoms with E-state index in [0.717, 1.165) is 19.3 Å². The van der Waals surface area contributed by atoms with E-state index < -0.39 is 24.3 Å². The Morgan fingerprint density at radius 3 is 2.60 bits per heavy atom. The topological polar surface area (TPSA) is 98.0 Å². The third-order valence-corrected chi connectivity index (χ3v) is 5.10. The van der Waals surface area contributed by atoms with E-state index in [1.807, 2.05) is 0 Å². The molecule has 0 aliphatic heterocycles. The molecule has 2 aliphatic carbocycles. The smallest absolute Gasteiger partial charge is 0.303 e. The number of aliphatic carboxylic acids is 1. The zero-order valence-electron chi connectivity index (χ0n) is 12.0. The molecule has 5 nitrogen and oxygen atoms in total. The molecule has 0 heterocycles. The Kier molecular flexibility index (Phi) is 5.04. The van der Waals surface area contributed by atoms with Gasteiger partial charge in [0.15, 0.2) is 0 Å². The number of fused-ring (bicyclic) bond motifs is 1. The highest BCUT2D eigenvalue weighted by Crippen LogP contribution is 2.63. The maximum Gasteiger partial charge on any atom is 0.303 e. The lowest BCUT2D eigenvalue weighted by atomic mass is 9.90. The summed E-state index contributed by atoms with van der Waals surface area (Å²) < 4.78 is 0. The van der Waals surface area contributed by atoms with Crippen molar-refractivity contribution in [2.24, 2.45) is 23.7 Å². The maximum atomic E-state index is 10.8. The van der Waals surface area contributed by atoms with Crippen molar-refractivity contribution in [3.05, 3.63) is 0 Å². The molecule has 0 saturated heterocycles. The fourth-order valence-electron chi connectivity index (χ4n) is 4.04. The zero-order valence-corrected chi connectivity index (χ0v) is 12.0. The minimum atomic E-state index is -0.904. The van der Waals surface area contributed by atoms with Crippen molar-refractivity contribution in [1.29, 1.82) is 0 Å². The first kappa shape index (κ1) is 15.7. The molecular weight excluding hydrogens is 260 g/mol. The van der Waals surface area contributed by atoms with Crippen molar-refractivity contribution in [2.75, 3.05) is 0 Å². The van der Waals surface area contributed by atoms with Gasteiger partial charge in [0.1, 0.15) is 0 Å². The summed E-state index contributed by atoms with van der Waals surface area (Å²) in [7, 11) is 0. The standard InChI is InChI=1S/C15H26O5/c1-2-3-4-5-10(16)15(20)14-9-6-11(17)8(13(9)14)7-12(18)19/h8-11,13-17,20H,2-7H2,1H3,(H,18,19)/t8?,9?,10-,11?,13?,14?,15-/m0/s1. The summed E-state index contributed by atoms with van der Waals surface area (Å²) in [6, 6.07) is 0. The number of carboxylic acids is 1.